The zero-order valence-corrected chi connectivity index (χ0v) is 21.9. The minimum atomic E-state index is -5.17. The SMILES string of the molecule is CC(C)COc1ccc(CNC(=O)N(Cc2ccc(F)cc2F)C2CCN(C)C(OC(=O)C(F)(F)F)C2)cc1. The quantitative estimate of drug-likeness (QED) is 0.338. The maximum absolute atomic E-state index is 14.5. The lowest BCUT2D eigenvalue weighted by atomic mass is 10.0. The molecule has 12 heteroatoms. The number of esters is 1. The van der Waals surface area contributed by atoms with Crippen LogP contribution in [0.15, 0.2) is 42.5 Å². The summed E-state index contributed by atoms with van der Waals surface area (Å²) in [5, 5.41) is 2.76. The van der Waals surface area contributed by atoms with E-state index in [0.29, 0.717) is 30.8 Å². The van der Waals surface area contributed by atoms with E-state index >= 15 is 0 Å². The van der Waals surface area contributed by atoms with Gasteiger partial charge in [0, 0.05) is 37.2 Å². The summed E-state index contributed by atoms with van der Waals surface area (Å²) in [4.78, 5) is 27.5. The summed E-state index contributed by atoms with van der Waals surface area (Å²) in [7, 11) is 1.50. The van der Waals surface area contributed by atoms with Crippen LogP contribution in [-0.4, -0.2) is 60.4 Å². The fourth-order valence-corrected chi connectivity index (χ4v) is 4.08. The molecule has 1 N–H and O–H groups in total. The third kappa shape index (κ3) is 8.81. The number of ether oxygens (including phenoxy) is 2. The number of halogens is 5. The highest BCUT2D eigenvalue weighted by atomic mass is 19.4. The number of likely N-dealkylation sites (tertiary alicyclic amines) is 1. The van der Waals surface area contributed by atoms with E-state index in [-0.39, 0.29) is 31.6 Å². The first-order valence-corrected chi connectivity index (χ1v) is 12.5. The van der Waals surface area contributed by atoms with Crippen molar-refractivity contribution in [2.45, 2.75) is 58.2 Å². The maximum atomic E-state index is 14.5. The molecule has 0 saturated carbocycles. The number of piperidine rings is 1. The van der Waals surface area contributed by atoms with Crippen LogP contribution in [0.3, 0.4) is 0 Å². The van der Waals surface area contributed by atoms with Crippen LogP contribution in [0, 0.1) is 17.6 Å². The molecule has 0 spiro atoms. The van der Waals surface area contributed by atoms with E-state index < -0.39 is 42.1 Å². The Labute approximate surface area is 223 Å². The molecule has 2 atom stereocenters. The Morgan fingerprint density at radius 2 is 1.82 bits per heavy atom. The molecule has 2 aromatic carbocycles. The van der Waals surface area contributed by atoms with Gasteiger partial charge in [-0.25, -0.2) is 18.4 Å². The van der Waals surface area contributed by atoms with Gasteiger partial charge in [0.05, 0.1) is 13.2 Å². The fraction of sp³-hybridized carbons (Fsp3) is 0.481. The Balaban J connectivity index is 1.75. The molecule has 0 aliphatic carbocycles. The van der Waals surface area contributed by atoms with Gasteiger partial charge in [-0.1, -0.05) is 32.0 Å². The lowest BCUT2D eigenvalue weighted by molar-refractivity contribution is -0.215. The highest BCUT2D eigenvalue weighted by molar-refractivity contribution is 5.76. The largest absolute Gasteiger partial charge is 0.493 e. The molecule has 1 heterocycles. The highest BCUT2D eigenvalue weighted by Crippen LogP contribution is 2.27. The van der Waals surface area contributed by atoms with Crippen LogP contribution in [0.1, 0.15) is 37.8 Å². The van der Waals surface area contributed by atoms with Crippen LogP contribution >= 0.6 is 0 Å². The van der Waals surface area contributed by atoms with Crippen molar-refractivity contribution >= 4 is 12.0 Å². The molecule has 7 nitrogen and oxygen atoms in total. The van der Waals surface area contributed by atoms with E-state index in [1.807, 2.05) is 13.8 Å². The molecule has 1 aliphatic rings. The molecule has 39 heavy (non-hydrogen) atoms. The van der Waals surface area contributed by atoms with Crippen LogP contribution in [0.4, 0.5) is 26.7 Å². The smallest absolute Gasteiger partial charge is 0.490 e. The number of amides is 2. The molecule has 0 radical (unpaired) electrons. The van der Waals surface area contributed by atoms with Crippen molar-refractivity contribution in [3.8, 4) is 5.75 Å². The summed E-state index contributed by atoms with van der Waals surface area (Å²) in [5.41, 5.74) is 0.787. The number of carbonyl (C=O) groups is 2. The third-order valence-electron chi connectivity index (χ3n) is 6.26. The van der Waals surface area contributed by atoms with E-state index in [1.165, 1.54) is 22.9 Å². The van der Waals surface area contributed by atoms with Crippen LogP contribution in [0.25, 0.3) is 0 Å². The van der Waals surface area contributed by atoms with Gasteiger partial charge >= 0.3 is 18.2 Å². The lowest BCUT2D eigenvalue weighted by Crippen LogP contribution is -2.54. The van der Waals surface area contributed by atoms with Crippen molar-refractivity contribution in [1.82, 2.24) is 15.1 Å². The number of urea groups is 1. The van der Waals surface area contributed by atoms with Crippen molar-refractivity contribution in [3.63, 3.8) is 0 Å². The van der Waals surface area contributed by atoms with Gasteiger partial charge in [-0.05, 0) is 43.1 Å². The van der Waals surface area contributed by atoms with E-state index in [1.54, 1.807) is 24.3 Å². The molecule has 2 aromatic rings. The summed E-state index contributed by atoms with van der Waals surface area (Å²) in [5.74, 6) is -2.94. The average Bonchev–Trinajstić information content (AvgIpc) is 2.87. The Bertz CT molecular complexity index is 1130. The molecular formula is C27H32F5N3O4. The first-order chi connectivity index (χ1) is 18.3. The van der Waals surface area contributed by atoms with E-state index in [9.17, 15) is 31.5 Å². The molecule has 1 fully saturated rings. The van der Waals surface area contributed by atoms with Crippen molar-refractivity contribution in [1.29, 1.82) is 0 Å². The van der Waals surface area contributed by atoms with Crippen LogP contribution in [0.5, 0.6) is 5.75 Å². The van der Waals surface area contributed by atoms with Crippen molar-refractivity contribution in [3.05, 3.63) is 65.2 Å². The van der Waals surface area contributed by atoms with Crippen molar-refractivity contribution < 1.29 is 41.0 Å². The highest BCUT2D eigenvalue weighted by Gasteiger charge is 2.44. The molecule has 2 amide bonds. The summed E-state index contributed by atoms with van der Waals surface area (Å²) >= 11 is 0. The molecule has 0 bridgehead atoms. The summed E-state index contributed by atoms with van der Waals surface area (Å²) in [6.45, 7) is 4.68. The normalized spacial score (nSPS) is 18.1. The average molecular weight is 558 g/mol. The number of alkyl halides is 3. The van der Waals surface area contributed by atoms with Gasteiger partial charge in [0.2, 0.25) is 0 Å². The minimum absolute atomic E-state index is 0.0287. The van der Waals surface area contributed by atoms with E-state index in [2.05, 4.69) is 10.1 Å². The van der Waals surface area contributed by atoms with Gasteiger partial charge in [-0.3, -0.25) is 4.90 Å². The second kappa shape index (κ2) is 13.1. The lowest BCUT2D eigenvalue weighted by Gasteiger charge is -2.41. The van der Waals surface area contributed by atoms with Crippen molar-refractivity contribution in [2.75, 3.05) is 20.2 Å². The summed E-state index contributed by atoms with van der Waals surface area (Å²) in [6.07, 6.45) is -6.22. The van der Waals surface area contributed by atoms with Gasteiger partial charge in [-0.2, -0.15) is 13.2 Å². The molecule has 1 saturated heterocycles. The second-order valence-electron chi connectivity index (χ2n) is 9.89. The standard InChI is InChI=1S/C27H32F5N3O4/c1-17(2)16-38-22-8-4-18(5-9-22)14-33-26(37)35(15-19-6-7-20(28)12-23(19)29)21-10-11-34(3)24(13-21)39-25(36)27(30,31)32/h4-9,12,17,21,24H,10-11,13-16H2,1-3H3,(H,33,37). The number of hydrogen-bond acceptors (Lipinski definition) is 5. The van der Waals surface area contributed by atoms with Gasteiger partial charge in [0.15, 0.2) is 6.23 Å². The van der Waals surface area contributed by atoms with Gasteiger partial charge in [-0.15, -0.1) is 0 Å². The van der Waals surface area contributed by atoms with Crippen LogP contribution in [-0.2, 0) is 22.6 Å². The number of nitrogens with zero attached hydrogens (tertiary/aromatic N) is 2. The first-order valence-electron chi connectivity index (χ1n) is 12.5. The molecular weight excluding hydrogens is 525 g/mol. The second-order valence-corrected chi connectivity index (χ2v) is 9.89. The predicted octanol–water partition coefficient (Wildman–Crippen LogP) is 5.24. The number of hydrogen-bond donors (Lipinski definition) is 1. The Morgan fingerprint density at radius 3 is 2.44 bits per heavy atom. The predicted molar refractivity (Wildman–Crippen MR) is 132 cm³/mol. The zero-order valence-electron chi connectivity index (χ0n) is 21.9. The fourth-order valence-electron chi connectivity index (χ4n) is 4.08. The molecule has 214 valence electrons. The third-order valence-corrected chi connectivity index (χ3v) is 6.26. The topological polar surface area (TPSA) is 71.1 Å². The van der Waals surface area contributed by atoms with Gasteiger partial charge in [0.1, 0.15) is 17.4 Å². The van der Waals surface area contributed by atoms with E-state index in [4.69, 9.17) is 4.74 Å². The summed E-state index contributed by atoms with van der Waals surface area (Å²) in [6, 6.07) is 8.76. The molecule has 3 rings (SSSR count). The monoisotopic (exact) mass is 557 g/mol. The maximum Gasteiger partial charge on any atom is 0.490 e. The van der Waals surface area contributed by atoms with Crippen LogP contribution < -0.4 is 10.1 Å². The molecule has 0 aromatic heterocycles. The summed E-state index contributed by atoms with van der Waals surface area (Å²) < 4.78 is 76.6. The Hall–Kier alpha value is -3.41. The number of rotatable bonds is 9. The number of nitrogens with one attached hydrogen (secondary N) is 1. The molecule has 1 aliphatic heterocycles. The number of benzene rings is 2. The zero-order chi connectivity index (χ0) is 28.7. The van der Waals surface area contributed by atoms with Crippen molar-refractivity contribution in [2.24, 2.45) is 5.92 Å². The van der Waals surface area contributed by atoms with Gasteiger partial charge < -0.3 is 19.7 Å². The number of carbonyl (C=O) groups excluding carboxylic acids is 2. The minimum Gasteiger partial charge on any atom is -0.493 e. The van der Waals surface area contributed by atoms with Gasteiger partial charge in [0.25, 0.3) is 0 Å². The Morgan fingerprint density at radius 1 is 1.13 bits per heavy atom. The first kappa shape index (κ1) is 30.1. The Kier molecular flexibility index (Phi) is 10.1. The molecule has 2 unspecified atom stereocenters. The van der Waals surface area contributed by atoms with E-state index in [0.717, 1.165) is 11.6 Å². The van der Waals surface area contributed by atoms with Crippen LogP contribution in [0.2, 0.25) is 0 Å².